The lowest BCUT2D eigenvalue weighted by Gasteiger charge is -2.25. The van der Waals surface area contributed by atoms with Gasteiger partial charge >= 0.3 is 0 Å². The largest absolute Gasteiger partial charge is 0.314 e. The highest BCUT2D eigenvalue weighted by Gasteiger charge is 2.15. The second-order valence-corrected chi connectivity index (χ2v) is 11.7. The molecule has 1 saturated heterocycles. The second kappa shape index (κ2) is 14.7. The van der Waals surface area contributed by atoms with Crippen LogP contribution in [0.4, 0.5) is 0 Å². The normalized spacial score (nSPS) is 14.3. The van der Waals surface area contributed by atoms with Crippen molar-refractivity contribution >= 4 is 5.52 Å². The number of rotatable bonds is 6. The van der Waals surface area contributed by atoms with Gasteiger partial charge in [-0.1, -0.05) is 53.7 Å². The molecular formula is C34H46N6. The third-order valence-electron chi connectivity index (χ3n) is 7.25. The van der Waals surface area contributed by atoms with Crippen LogP contribution in [0, 0.1) is 23.7 Å². The van der Waals surface area contributed by atoms with Gasteiger partial charge in [-0.3, -0.25) is 9.97 Å². The highest BCUT2D eigenvalue weighted by atomic mass is 15.2. The number of nitrogens with zero attached hydrogens (tertiary/aromatic N) is 5. The average Bonchev–Trinajstić information content (AvgIpc) is 3.35. The second-order valence-electron chi connectivity index (χ2n) is 11.7. The number of pyridine rings is 3. The number of hydrogen-bond donors (Lipinski definition) is 1. The summed E-state index contributed by atoms with van der Waals surface area (Å²) in [5.41, 5.74) is 8.45. The summed E-state index contributed by atoms with van der Waals surface area (Å²) in [6.45, 7) is 16.4. The van der Waals surface area contributed by atoms with Crippen molar-refractivity contribution in [2.45, 2.75) is 93.0 Å². The van der Waals surface area contributed by atoms with E-state index in [1.807, 2.05) is 36.1 Å². The fourth-order valence-corrected chi connectivity index (χ4v) is 4.33. The van der Waals surface area contributed by atoms with Crippen LogP contribution in [0.2, 0.25) is 0 Å². The van der Waals surface area contributed by atoms with Crippen molar-refractivity contribution in [3.05, 3.63) is 83.2 Å². The third-order valence-corrected chi connectivity index (χ3v) is 7.25. The summed E-state index contributed by atoms with van der Waals surface area (Å²) >= 11 is 0. The standard InChI is InChI=1S/C20H22N4.C9H13N.C5H11N/c1-14-5-6-16(11-22-14)18-9-15(7-8-20(2,3)4)13-24-19(18)17(10-21)12-23-24;1-3-8-5-6-9(4-2)10-7-8;1-2-5-3-4-6-5/h5-6,9,11-13H,7-8H2,1-4H3;5-7H,3-4H2,1-2H3;5-6H,2-4H2,1H3. The van der Waals surface area contributed by atoms with Crippen LogP contribution < -0.4 is 5.32 Å². The molecule has 0 aromatic carbocycles. The van der Waals surface area contributed by atoms with Crippen LogP contribution in [-0.2, 0) is 19.3 Å². The molecule has 40 heavy (non-hydrogen) atoms. The van der Waals surface area contributed by atoms with Crippen LogP contribution >= 0.6 is 0 Å². The fourth-order valence-electron chi connectivity index (χ4n) is 4.33. The molecule has 212 valence electrons. The Bertz CT molecular complexity index is 1340. The van der Waals surface area contributed by atoms with E-state index in [2.05, 4.69) is 92.3 Å². The van der Waals surface area contributed by atoms with E-state index in [9.17, 15) is 5.26 Å². The Labute approximate surface area is 240 Å². The molecule has 0 aliphatic carbocycles. The minimum absolute atomic E-state index is 0.280. The number of fused-ring (bicyclic) bond motifs is 1. The van der Waals surface area contributed by atoms with E-state index < -0.39 is 0 Å². The molecule has 0 saturated carbocycles. The number of aromatic nitrogens is 4. The molecule has 5 rings (SSSR count). The first-order chi connectivity index (χ1) is 19.2. The first-order valence-electron chi connectivity index (χ1n) is 14.7. The van der Waals surface area contributed by atoms with Gasteiger partial charge in [0.1, 0.15) is 6.07 Å². The molecule has 1 atom stereocenters. The number of nitriles is 1. The molecule has 1 unspecified atom stereocenters. The van der Waals surface area contributed by atoms with E-state index in [-0.39, 0.29) is 5.41 Å². The summed E-state index contributed by atoms with van der Waals surface area (Å²) in [4.78, 5) is 8.67. The van der Waals surface area contributed by atoms with Crippen molar-refractivity contribution < 1.29 is 0 Å². The Balaban J connectivity index is 0.000000224. The van der Waals surface area contributed by atoms with E-state index in [1.165, 1.54) is 36.2 Å². The Kier molecular flexibility index (Phi) is 11.4. The van der Waals surface area contributed by atoms with Crippen molar-refractivity contribution in [1.29, 1.82) is 5.26 Å². The summed E-state index contributed by atoms with van der Waals surface area (Å²) < 4.78 is 1.83. The van der Waals surface area contributed by atoms with Gasteiger partial charge in [0.2, 0.25) is 0 Å². The summed E-state index contributed by atoms with van der Waals surface area (Å²) in [5, 5.41) is 17.1. The van der Waals surface area contributed by atoms with Crippen molar-refractivity contribution in [3.8, 4) is 17.2 Å². The van der Waals surface area contributed by atoms with E-state index in [4.69, 9.17) is 0 Å². The molecular weight excluding hydrogens is 492 g/mol. The topological polar surface area (TPSA) is 78.9 Å². The van der Waals surface area contributed by atoms with E-state index in [1.54, 1.807) is 6.20 Å². The molecule has 6 heteroatoms. The van der Waals surface area contributed by atoms with E-state index >= 15 is 0 Å². The van der Waals surface area contributed by atoms with Gasteiger partial charge in [0.05, 0.1) is 17.3 Å². The average molecular weight is 539 g/mol. The lowest BCUT2D eigenvalue weighted by atomic mass is 9.88. The number of hydrogen-bond acceptors (Lipinski definition) is 5. The molecule has 6 nitrogen and oxygen atoms in total. The van der Waals surface area contributed by atoms with Crippen LogP contribution in [0.5, 0.6) is 0 Å². The van der Waals surface area contributed by atoms with Gasteiger partial charge in [-0.05, 0) is 86.7 Å². The maximum atomic E-state index is 9.40. The third kappa shape index (κ3) is 8.99. The predicted octanol–water partition coefficient (Wildman–Crippen LogP) is 7.52. The predicted molar refractivity (Wildman–Crippen MR) is 165 cm³/mol. The van der Waals surface area contributed by atoms with Crippen LogP contribution in [0.25, 0.3) is 16.6 Å². The summed E-state index contributed by atoms with van der Waals surface area (Å²) in [7, 11) is 0. The fraction of sp³-hybridized carbons (Fsp3) is 0.471. The highest BCUT2D eigenvalue weighted by molar-refractivity contribution is 5.84. The smallest absolute Gasteiger partial charge is 0.103 e. The molecule has 5 heterocycles. The molecule has 1 aliphatic rings. The van der Waals surface area contributed by atoms with Crippen molar-refractivity contribution in [3.63, 3.8) is 0 Å². The van der Waals surface area contributed by atoms with Crippen molar-refractivity contribution in [2.75, 3.05) is 6.54 Å². The zero-order chi connectivity index (χ0) is 29.1. The first kappa shape index (κ1) is 31.0. The zero-order valence-corrected chi connectivity index (χ0v) is 25.5. The zero-order valence-electron chi connectivity index (χ0n) is 25.5. The monoisotopic (exact) mass is 538 g/mol. The molecule has 0 bridgehead atoms. The Hall–Kier alpha value is -3.56. The first-order valence-corrected chi connectivity index (χ1v) is 14.7. The molecule has 1 aliphatic heterocycles. The number of aryl methyl sites for hydroxylation is 4. The van der Waals surface area contributed by atoms with Gasteiger partial charge in [-0.15, -0.1) is 0 Å². The van der Waals surface area contributed by atoms with Crippen LogP contribution in [0.15, 0.2) is 55.1 Å². The minimum Gasteiger partial charge on any atom is -0.314 e. The maximum Gasteiger partial charge on any atom is 0.103 e. The van der Waals surface area contributed by atoms with Gasteiger partial charge in [-0.2, -0.15) is 10.4 Å². The van der Waals surface area contributed by atoms with Gasteiger partial charge in [0, 0.05) is 47.1 Å². The quantitative estimate of drug-likeness (QED) is 0.275. The van der Waals surface area contributed by atoms with Crippen LogP contribution in [0.1, 0.15) is 88.9 Å². The highest BCUT2D eigenvalue weighted by Crippen LogP contribution is 2.29. The Morgan fingerprint density at radius 1 is 1.00 bits per heavy atom. The molecule has 0 spiro atoms. The summed E-state index contributed by atoms with van der Waals surface area (Å²) in [6.07, 6.45) is 14.4. The molecule has 1 fully saturated rings. The van der Waals surface area contributed by atoms with Crippen LogP contribution in [0.3, 0.4) is 0 Å². The van der Waals surface area contributed by atoms with Crippen molar-refractivity contribution in [2.24, 2.45) is 5.41 Å². The number of nitrogens with one attached hydrogen (secondary N) is 1. The minimum atomic E-state index is 0.280. The van der Waals surface area contributed by atoms with E-state index in [0.717, 1.165) is 54.1 Å². The summed E-state index contributed by atoms with van der Waals surface area (Å²) in [5.74, 6) is 0. The van der Waals surface area contributed by atoms with Crippen molar-refractivity contribution in [1.82, 2.24) is 24.9 Å². The molecule has 4 aromatic heterocycles. The maximum absolute atomic E-state index is 9.40. The van der Waals surface area contributed by atoms with Gasteiger partial charge in [0.15, 0.2) is 0 Å². The van der Waals surface area contributed by atoms with Gasteiger partial charge in [-0.25, -0.2) is 4.52 Å². The van der Waals surface area contributed by atoms with Crippen LogP contribution in [-0.4, -0.2) is 32.2 Å². The lowest BCUT2D eigenvalue weighted by Crippen LogP contribution is -2.41. The molecule has 0 amide bonds. The molecule has 1 N–H and O–H groups in total. The summed E-state index contributed by atoms with van der Waals surface area (Å²) in [6, 6.07) is 13.6. The van der Waals surface area contributed by atoms with Gasteiger partial charge < -0.3 is 5.32 Å². The Morgan fingerprint density at radius 3 is 2.25 bits per heavy atom. The Morgan fingerprint density at radius 2 is 1.77 bits per heavy atom. The molecule has 0 radical (unpaired) electrons. The SMILES string of the molecule is CCC1CCN1.CCc1ccc(CC)nc1.Cc1ccc(-c2cc(CCC(C)(C)C)cn3ncc(C#N)c23)cn1. The van der Waals surface area contributed by atoms with E-state index in [0.29, 0.717) is 5.56 Å². The lowest BCUT2D eigenvalue weighted by molar-refractivity contribution is 0.362. The molecule has 4 aromatic rings. The van der Waals surface area contributed by atoms with Gasteiger partial charge in [0.25, 0.3) is 0 Å².